The molecule has 1 aromatic rings. The molecule has 1 N–H and O–H groups in total. The third kappa shape index (κ3) is 2.05. The lowest BCUT2D eigenvalue weighted by atomic mass is 9.88. The van der Waals surface area contributed by atoms with E-state index >= 15 is 0 Å². The fourth-order valence-electron chi connectivity index (χ4n) is 3.01. The van der Waals surface area contributed by atoms with Crippen molar-refractivity contribution in [1.29, 1.82) is 0 Å². The maximum Gasteiger partial charge on any atom is 0.416 e. The van der Waals surface area contributed by atoms with Crippen LogP contribution < -0.4 is 10.1 Å². The van der Waals surface area contributed by atoms with Gasteiger partial charge in [-0.25, -0.2) is 0 Å². The third-order valence-corrected chi connectivity index (χ3v) is 4.14. The molecule has 1 fully saturated rings. The van der Waals surface area contributed by atoms with E-state index in [0.29, 0.717) is 11.4 Å². The van der Waals surface area contributed by atoms with Crippen LogP contribution in [-0.4, -0.2) is 12.1 Å². The zero-order valence-electron chi connectivity index (χ0n) is 10.8. The summed E-state index contributed by atoms with van der Waals surface area (Å²) in [5.74, 6) is 0.518. The monoisotopic (exact) mass is 271 g/mol. The van der Waals surface area contributed by atoms with Crippen LogP contribution >= 0.6 is 0 Å². The van der Waals surface area contributed by atoms with Gasteiger partial charge in [-0.05, 0) is 31.0 Å². The summed E-state index contributed by atoms with van der Waals surface area (Å²) in [4.78, 5) is 0. The summed E-state index contributed by atoms with van der Waals surface area (Å²) in [6.45, 7) is 4.27. The van der Waals surface area contributed by atoms with E-state index in [-0.39, 0.29) is 17.6 Å². The molecular weight excluding hydrogens is 255 g/mol. The van der Waals surface area contributed by atoms with Crippen LogP contribution in [0.15, 0.2) is 18.2 Å². The lowest BCUT2D eigenvalue weighted by molar-refractivity contribution is -0.137. The van der Waals surface area contributed by atoms with Gasteiger partial charge in [0.25, 0.3) is 0 Å². The Balaban J connectivity index is 1.94. The van der Waals surface area contributed by atoms with Crippen molar-refractivity contribution >= 4 is 5.69 Å². The Kier molecular flexibility index (Phi) is 2.53. The first-order valence-corrected chi connectivity index (χ1v) is 6.42. The van der Waals surface area contributed by atoms with Crippen molar-refractivity contribution in [1.82, 2.24) is 0 Å². The maximum absolute atomic E-state index is 12.7. The molecule has 19 heavy (non-hydrogen) atoms. The lowest BCUT2D eigenvalue weighted by Crippen LogP contribution is -2.43. The van der Waals surface area contributed by atoms with Gasteiger partial charge < -0.3 is 10.1 Å². The van der Waals surface area contributed by atoms with Gasteiger partial charge in [-0.3, -0.25) is 0 Å². The number of hydrogen-bond donors (Lipinski definition) is 1. The minimum atomic E-state index is -4.32. The van der Waals surface area contributed by atoms with Crippen LogP contribution in [0.4, 0.5) is 18.9 Å². The van der Waals surface area contributed by atoms with Crippen LogP contribution in [0.1, 0.15) is 32.3 Å². The molecule has 1 aliphatic carbocycles. The summed E-state index contributed by atoms with van der Waals surface area (Å²) in [6.07, 6.45) is -2.36. The zero-order valence-corrected chi connectivity index (χ0v) is 10.8. The molecule has 104 valence electrons. The average molecular weight is 271 g/mol. The van der Waals surface area contributed by atoms with Gasteiger partial charge >= 0.3 is 6.18 Å². The van der Waals surface area contributed by atoms with E-state index in [1.54, 1.807) is 0 Å². The van der Waals surface area contributed by atoms with Crippen LogP contribution in [0.3, 0.4) is 0 Å². The first kappa shape index (κ1) is 12.6. The first-order chi connectivity index (χ1) is 8.77. The predicted molar refractivity (Wildman–Crippen MR) is 66.3 cm³/mol. The van der Waals surface area contributed by atoms with Gasteiger partial charge in [0, 0.05) is 5.41 Å². The van der Waals surface area contributed by atoms with E-state index in [2.05, 4.69) is 19.2 Å². The van der Waals surface area contributed by atoms with Gasteiger partial charge in [-0.2, -0.15) is 13.2 Å². The van der Waals surface area contributed by atoms with E-state index in [9.17, 15) is 13.2 Å². The van der Waals surface area contributed by atoms with E-state index < -0.39 is 11.7 Å². The quantitative estimate of drug-likeness (QED) is 0.768. The Bertz CT molecular complexity index is 510. The minimum Gasteiger partial charge on any atom is -0.486 e. The molecule has 2 aliphatic rings. The Labute approximate surface area is 109 Å². The average Bonchev–Trinajstić information content (AvgIpc) is 2.61. The second-order valence-corrected chi connectivity index (χ2v) is 6.03. The van der Waals surface area contributed by atoms with Crippen molar-refractivity contribution in [2.75, 3.05) is 5.32 Å². The maximum atomic E-state index is 12.7. The van der Waals surface area contributed by atoms with Crippen molar-refractivity contribution in [3.63, 3.8) is 0 Å². The lowest BCUT2D eigenvalue weighted by Gasteiger charge is -2.37. The summed E-state index contributed by atoms with van der Waals surface area (Å²) < 4.78 is 44.0. The molecule has 0 amide bonds. The van der Waals surface area contributed by atoms with Crippen molar-refractivity contribution in [2.45, 2.75) is 45.0 Å². The second kappa shape index (κ2) is 3.81. The van der Waals surface area contributed by atoms with E-state index in [1.807, 2.05) is 0 Å². The summed E-state index contributed by atoms with van der Waals surface area (Å²) in [6, 6.07) is 3.72. The largest absolute Gasteiger partial charge is 0.486 e. The SMILES string of the molecule is CC1(C)CCC2Nc3cc(C(F)(F)F)ccc3OC21. The fourth-order valence-corrected chi connectivity index (χ4v) is 3.01. The Morgan fingerprint density at radius 3 is 2.74 bits per heavy atom. The van der Waals surface area contributed by atoms with E-state index in [4.69, 9.17) is 4.74 Å². The van der Waals surface area contributed by atoms with Crippen LogP contribution in [0.25, 0.3) is 0 Å². The molecule has 0 spiro atoms. The molecule has 2 atom stereocenters. The van der Waals surface area contributed by atoms with Gasteiger partial charge in [-0.1, -0.05) is 13.8 Å². The molecule has 2 nitrogen and oxygen atoms in total. The van der Waals surface area contributed by atoms with Crippen LogP contribution in [-0.2, 0) is 6.18 Å². The fraction of sp³-hybridized carbons (Fsp3) is 0.571. The van der Waals surface area contributed by atoms with Crippen LogP contribution in [0.5, 0.6) is 5.75 Å². The van der Waals surface area contributed by atoms with Crippen molar-refractivity contribution in [2.24, 2.45) is 5.41 Å². The molecular formula is C14H16F3NO. The number of benzene rings is 1. The normalized spacial score (nSPS) is 28.1. The van der Waals surface area contributed by atoms with Crippen molar-refractivity contribution in [3.05, 3.63) is 23.8 Å². The number of halogens is 3. The molecule has 5 heteroatoms. The van der Waals surface area contributed by atoms with Crippen molar-refractivity contribution in [3.8, 4) is 5.75 Å². The van der Waals surface area contributed by atoms with Crippen LogP contribution in [0, 0.1) is 5.41 Å². The highest BCUT2D eigenvalue weighted by Gasteiger charge is 2.46. The molecule has 0 bridgehead atoms. The minimum absolute atomic E-state index is 0.0248. The van der Waals surface area contributed by atoms with Crippen molar-refractivity contribution < 1.29 is 17.9 Å². The molecule has 1 aromatic carbocycles. The molecule has 1 heterocycles. The highest BCUT2D eigenvalue weighted by atomic mass is 19.4. The predicted octanol–water partition coefficient (Wildman–Crippen LogP) is 4.07. The van der Waals surface area contributed by atoms with Gasteiger partial charge in [-0.15, -0.1) is 0 Å². The van der Waals surface area contributed by atoms with Gasteiger partial charge in [0.2, 0.25) is 0 Å². The summed E-state index contributed by atoms with van der Waals surface area (Å²) in [5.41, 5.74) is -0.134. The van der Waals surface area contributed by atoms with Gasteiger partial charge in [0.1, 0.15) is 11.9 Å². The standard InChI is InChI=1S/C14H16F3NO/c1-13(2)6-5-9-12(13)19-11-4-3-8(14(15,16)17)7-10(11)18-9/h3-4,7,9,12,18H,5-6H2,1-2H3. The number of alkyl halides is 3. The highest BCUT2D eigenvalue weighted by Crippen LogP contribution is 2.47. The van der Waals surface area contributed by atoms with E-state index in [0.717, 1.165) is 25.0 Å². The Hall–Kier alpha value is -1.39. The molecule has 1 aliphatic heterocycles. The number of fused-ring (bicyclic) bond motifs is 2. The second-order valence-electron chi connectivity index (χ2n) is 6.03. The number of rotatable bonds is 0. The van der Waals surface area contributed by atoms with Gasteiger partial charge in [0.15, 0.2) is 0 Å². The highest BCUT2D eigenvalue weighted by molar-refractivity contribution is 5.61. The third-order valence-electron chi connectivity index (χ3n) is 4.14. The molecule has 3 rings (SSSR count). The molecule has 1 saturated carbocycles. The number of nitrogens with one attached hydrogen (secondary N) is 1. The number of ether oxygens (including phenoxy) is 1. The Morgan fingerprint density at radius 1 is 1.32 bits per heavy atom. The summed E-state index contributed by atoms with van der Waals surface area (Å²) >= 11 is 0. The molecule has 0 saturated heterocycles. The summed E-state index contributed by atoms with van der Waals surface area (Å²) in [5, 5.41) is 3.20. The molecule has 2 unspecified atom stereocenters. The smallest absolute Gasteiger partial charge is 0.416 e. The van der Waals surface area contributed by atoms with Gasteiger partial charge in [0.05, 0.1) is 17.3 Å². The zero-order chi connectivity index (χ0) is 13.8. The first-order valence-electron chi connectivity index (χ1n) is 6.42. The summed E-state index contributed by atoms with van der Waals surface area (Å²) in [7, 11) is 0. The topological polar surface area (TPSA) is 21.3 Å². The molecule has 0 radical (unpaired) electrons. The Morgan fingerprint density at radius 2 is 2.05 bits per heavy atom. The molecule has 0 aromatic heterocycles. The number of anilines is 1. The number of hydrogen-bond acceptors (Lipinski definition) is 2. The van der Waals surface area contributed by atoms with E-state index in [1.165, 1.54) is 6.07 Å². The van der Waals surface area contributed by atoms with Crippen LogP contribution in [0.2, 0.25) is 0 Å².